The Hall–Kier alpha value is -2.70. The zero-order valence-corrected chi connectivity index (χ0v) is 16.4. The van der Waals surface area contributed by atoms with Gasteiger partial charge in [0.15, 0.2) is 0 Å². The average Bonchev–Trinajstić information content (AvgIpc) is 3.05. The molecule has 0 fully saturated rings. The third-order valence-corrected chi connectivity index (χ3v) is 4.53. The third-order valence-electron chi connectivity index (χ3n) is 4.53. The highest BCUT2D eigenvalue weighted by atomic mass is 16.5. The molecule has 0 bridgehead atoms. The van der Waals surface area contributed by atoms with Crippen LogP contribution in [-0.2, 0) is 27.4 Å². The van der Waals surface area contributed by atoms with Crippen molar-refractivity contribution in [2.24, 2.45) is 0 Å². The summed E-state index contributed by atoms with van der Waals surface area (Å²) in [5, 5.41) is 0. The highest BCUT2D eigenvalue weighted by Crippen LogP contribution is 2.21. The average molecular weight is 382 g/mol. The number of para-hydroxylation sites is 1. The SMILES string of the molecule is COC(=O)c1cccc2c1nc(C)n2CCCOCCOCc1ccccc1. The van der Waals surface area contributed by atoms with Gasteiger partial charge in [-0.15, -0.1) is 0 Å². The Kier molecular flexibility index (Phi) is 7.17. The molecule has 1 heterocycles. The number of hydrogen-bond acceptors (Lipinski definition) is 5. The first-order valence-electron chi connectivity index (χ1n) is 9.44. The maximum Gasteiger partial charge on any atom is 0.340 e. The molecule has 28 heavy (non-hydrogen) atoms. The Labute approximate surface area is 165 Å². The Balaban J connectivity index is 1.43. The molecule has 0 spiro atoms. The van der Waals surface area contributed by atoms with Gasteiger partial charge >= 0.3 is 5.97 Å². The Bertz CT molecular complexity index is 906. The molecule has 2 aromatic carbocycles. The molecule has 0 amide bonds. The second-order valence-corrected chi connectivity index (χ2v) is 6.48. The lowest BCUT2D eigenvalue weighted by molar-refractivity contribution is 0.0389. The second kappa shape index (κ2) is 10.0. The number of aromatic nitrogens is 2. The van der Waals surface area contributed by atoms with Gasteiger partial charge in [0.25, 0.3) is 0 Å². The molecule has 0 saturated heterocycles. The van der Waals surface area contributed by atoms with Crippen molar-refractivity contribution < 1.29 is 19.0 Å². The minimum absolute atomic E-state index is 0.367. The quantitative estimate of drug-likeness (QED) is 0.395. The fourth-order valence-corrected chi connectivity index (χ4v) is 3.13. The van der Waals surface area contributed by atoms with Crippen molar-refractivity contribution in [3.05, 3.63) is 65.5 Å². The van der Waals surface area contributed by atoms with Crippen LogP contribution in [-0.4, -0.2) is 42.5 Å². The van der Waals surface area contributed by atoms with Crippen molar-refractivity contribution in [2.75, 3.05) is 26.9 Å². The maximum atomic E-state index is 11.9. The maximum absolute atomic E-state index is 11.9. The van der Waals surface area contributed by atoms with Gasteiger partial charge in [0.2, 0.25) is 0 Å². The van der Waals surface area contributed by atoms with Gasteiger partial charge in [0.05, 0.1) is 38.0 Å². The number of aryl methyl sites for hydroxylation is 2. The molecular formula is C22H26N2O4. The van der Waals surface area contributed by atoms with Gasteiger partial charge in [-0.3, -0.25) is 0 Å². The third kappa shape index (κ3) is 4.97. The zero-order valence-electron chi connectivity index (χ0n) is 16.4. The van der Waals surface area contributed by atoms with E-state index in [1.165, 1.54) is 7.11 Å². The summed E-state index contributed by atoms with van der Waals surface area (Å²) in [7, 11) is 1.38. The van der Waals surface area contributed by atoms with E-state index < -0.39 is 0 Å². The fourth-order valence-electron chi connectivity index (χ4n) is 3.13. The first kappa shape index (κ1) is 20.0. The summed E-state index contributed by atoms with van der Waals surface area (Å²) in [5.74, 6) is 0.506. The standard InChI is InChI=1S/C22H26N2O4/c1-17-23-21-19(22(25)26-2)10-6-11-20(21)24(17)12-7-13-27-14-15-28-16-18-8-4-3-5-9-18/h3-6,8-11H,7,12-16H2,1-2H3. The molecule has 3 rings (SSSR count). The molecule has 0 saturated carbocycles. The lowest BCUT2D eigenvalue weighted by Crippen LogP contribution is -2.08. The summed E-state index contributed by atoms with van der Waals surface area (Å²) in [5.41, 5.74) is 3.28. The van der Waals surface area contributed by atoms with Crippen LogP contribution in [0, 0.1) is 6.92 Å². The van der Waals surface area contributed by atoms with Crippen molar-refractivity contribution in [3.63, 3.8) is 0 Å². The number of nitrogens with zero attached hydrogens (tertiary/aromatic N) is 2. The van der Waals surface area contributed by atoms with E-state index in [-0.39, 0.29) is 5.97 Å². The highest BCUT2D eigenvalue weighted by molar-refractivity contribution is 6.02. The van der Waals surface area contributed by atoms with Crippen molar-refractivity contribution >= 4 is 17.0 Å². The van der Waals surface area contributed by atoms with Crippen LogP contribution >= 0.6 is 0 Å². The summed E-state index contributed by atoms with van der Waals surface area (Å²) in [6.45, 7) is 5.11. The molecule has 0 unspecified atom stereocenters. The molecule has 0 aliphatic rings. The summed E-state index contributed by atoms with van der Waals surface area (Å²) < 4.78 is 18.2. The highest BCUT2D eigenvalue weighted by Gasteiger charge is 2.15. The monoisotopic (exact) mass is 382 g/mol. The van der Waals surface area contributed by atoms with Crippen LogP contribution in [0.3, 0.4) is 0 Å². The Morgan fingerprint density at radius 2 is 1.79 bits per heavy atom. The van der Waals surface area contributed by atoms with Crippen LogP contribution in [0.25, 0.3) is 11.0 Å². The van der Waals surface area contributed by atoms with E-state index in [2.05, 4.69) is 9.55 Å². The van der Waals surface area contributed by atoms with Crippen molar-refractivity contribution in [1.82, 2.24) is 9.55 Å². The molecule has 1 aromatic heterocycles. The lowest BCUT2D eigenvalue weighted by Gasteiger charge is -2.09. The van der Waals surface area contributed by atoms with E-state index in [0.29, 0.717) is 37.5 Å². The van der Waals surface area contributed by atoms with Crippen molar-refractivity contribution in [1.29, 1.82) is 0 Å². The molecule has 6 heteroatoms. The minimum atomic E-state index is -0.367. The molecule has 0 atom stereocenters. The van der Waals surface area contributed by atoms with Crippen LogP contribution in [0.2, 0.25) is 0 Å². The van der Waals surface area contributed by atoms with E-state index >= 15 is 0 Å². The zero-order chi connectivity index (χ0) is 19.8. The number of carbonyl (C=O) groups excluding carboxylic acids is 1. The van der Waals surface area contributed by atoms with Gasteiger partial charge in [-0.25, -0.2) is 9.78 Å². The number of rotatable bonds is 10. The summed E-state index contributed by atoms with van der Waals surface area (Å²) in [6.07, 6.45) is 0.855. The number of esters is 1. The fraction of sp³-hybridized carbons (Fsp3) is 0.364. The largest absolute Gasteiger partial charge is 0.465 e. The molecule has 148 valence electrons. The molecule has 0 aliphatic carbocycles. The summed E-state index contributed by atoms with van der Waals surface area (Å²) in [4.78, 5) is 16.5. The number of imidazole rings is 1. The van der Waals surface area contributed by atoms with Crippen LogP contribution in [0.1, 0.15) is 28.2 Å². The number of carbonyl (C=O) groups is 1. The molecule has 3 aromatic rings. The van der Waals surface area contributed by atoms with Crippen LogP contribution < -0.4 is 0 Å². The topological polar surface area (TPSA) is 62.6 Å². The molecule has 0 aliphatic heterocycles. The number of fused-ring (bicyclic) bond motifs is 1. The van der Waals surface area contributed by atoms with Gasteiger partial charge in [0, 0.05) is 13.2 Å². The van der Waals surface area contributed by atoms with E-state index in [1.807, 2.05) is 49.4 Å². The van der Waals surface area contributed by atoms with Crippen molar-refractivity contribution in [2.45, 2.75) is 26.5 Å². The summed E-state index contributed by atoms with van der Waals surface area (Å²) in [6, 6.07) is 15.7. The van der Waals surface area contributed by atoms with Crippen LogP contribution in [0.15, 0.2) is 48.5 Å². The second-order valence-electron chi connectivity index (χ2n) is 6.48. The number of benzene rings is 2. The number of hydrogen-bond donors (Lipinski definition) is 0. The van der Waals surface area contributed by atoms with Crippen LogP contribution in [0.4, 0.5) is 0 Å². The Morgan fingerprint density at radius 3 is 2.57 bits per heavy atom. The smallest absolute Gasteiger partial charge is 0.340 e. The lowest BCUT2D eigenvalue weighted by atomic mass is 10.2. The molecule has 6 nitrogen and oxygen atoms in total. The predicted molar refractivity (Wildman–Crippen MR) is 107 cm³/mol. The van der Waals surface area contributed by atoms with Gasteiger partial charge in [-0.2, -0.15) is 0 Å². The first-order chi connectivity index (χ1) is 13.7. The molecule has 0 radical (unpaired) electrons. The summed E-state index contributed by atoms with van der Waals surface area (Å²) >= 11 is 0. The normalized spacial score (nSPS) is 11.1. The molecular weight excluding hydrogens is 356 g/mol. The van der Waals surface area contributed by atoms with E-state index in [0.717, 1.165) is 29.9 Å². The number of ether oxygens (including phenoxy) is 3. The van der Waals surface area contributed by atoms with Gasteiger partial charge < -0.3 is 18.8 Å². The van der Waals surface area contributed by atoms with E-state index in [1.54, 1.807) is 6.07 Å². The van der Waals surface area contributed by atoms with Gasteiger partial charge in [-0.05, 0) is 31.0 Å². The first-order valence-corrected chi connectivity index (χ1v) is 9.44. The van der Waals surface area contributed by atoms with E-state index in [9.17, 15) is 4.79 Å². The Morgan fingerprint density at radius 1 is 1.00 bits per heavy atom. The van der Waals surface area contributed by atoms with Crippen molar-refractivity contribution in [3.8, 4) is 0 Å². The van der Waals surface area contributed by atoms with Gasteiger partial charge in [0.1, 0.15) is 11.3 Å². The van der Waals surface area contributed by atoms with Crippen LogP contribution in [0.5, 0.6) is 0 Å². The molecule has 0 N–H and O–H groups in total. The predicted octanol–water partition coefficient (Wildman–Crippen LogP) is 3.75. The minimum Gasteiger partial charge on any atom is -0.465 e. The van der Waals surface area contributed by atoms with Gasteiger partial charge in [-0.1, -0.05) is 36.4 Å². The van der Waals surface area contributed by atoms with E-state index in [4.69, 9.17) is 14.2 Å². The number of methoxy groups -OCH3 is 1.